The van der Waals surface area contributed by atoms with Crippen LogP contribution in [-0.2, 0) is 6.54 Å². The van der Waals surface area contributed by atoms with Gasteiger partial charge in [0.15, 0.2) is 5.13 Å². The third-order valence-corrected chi connectivity index (χ3v) is 6.02. The Labute approximate surface area is 193 Å². The van der Waals surface area contributed by atoms with Crippen molar-refractivity contribution in [2.45, 2.75) is 19.4 Å². The third kappa shape index (κ3) is 4.73. The second kappa shape index (κ2) is 10.1. The molecule has 0 saturated carbocycles. The summed E-state index contributed by atoms with van der Waals surface area (Å²) in [5.74, 6) is 0.662. The van der Waals surface area contributed by atoms with Gasteiger partial charge in [-0.05, 0) is 37.1 Å². The molecule has 7 nitrogen and oxygen atoms in total. The number of aliphatic imine (C=N–C) groups is 1. The van der Waals surface area contributed by atoms with Gasteiger partial charge >= 0.3 is 5.69 Å². The number of imidazole rings is 1. The van der Waals surface area contributed by atoms with Crippen molar-refractivity contribution >= 4 is 45.5 Å². The standard InChI is InChI=1S/C22H22ClFN6OS/c1-28(11-3-2-8-24)20(27-17-6-4-5-16(23)13-17)15-29-19-14-25-9-7-18(19)30(22(29)31)21-26-10-12-32-21/h4-7,9-10,12-14H,2-3,8,11,15H2,1H3. The van der Waals surface area contributed by atoms with Gasteiger partial charge in [-0.15, -0.1) is 11.3 Å². The van der Waals surface area contributed by atoms with E-state index in [4.69, 9.17) is 16.6 Å². The van der Waals surface area contributed by atoms with E-state index >= 15 is 0 Å². The minimum atomic E-state index is -0.360. The van der Waals surface area contributed by atoms with Crippen molar-refractivity contribution in [3.8, 4) is 5.13 Å². The van der Waals surface area contributed by atoms with Gasteiger partial charge in [0, 0.05) is 36.4 Å². The first-order valence-electron chi connectivity index (χ1n) is 10.1. The van der Waals surface area contributed by atoms with Gasteiger partial charge < -0.3 is 4.90 Å². The molecule has 3 heterocycles. The molecule has 0 amide bonds. The number of likely N-dealkylation sites (N-methyl/N-ethyl adjacent to an activating group) is 1. The SMILES string of the molecule is CN(CCCCF)C(Cn1c(=O)n(-c2nccs2)c2ccncc21)=Nc1cccc(Cl)c1. The van der Waals surface area contributed by atoms with Gasteiger partial charge in [-0.3, -0.25) is 13.9 Å². The maximum atomic E-state index is 13.4. The largest absolute Gasteiger partial charge is 0.362 e. The highest BCUT2D eigenvalue weighted by Gasteiger charge is 2.19. The lowest BCUT2D eigenvalue weighted by Gasteiger charge is -2.22. The molecule has 4 rings (SSSR count). The zero-order valence-electron chi connectivity index (χ0n) is 17.5. The first kappa shape index (κ1) is 22.2. The molecule has 166 valence electrons. The molecule has 0 aliphatic carbocycles. The van der Waals surface area contributed by atoms with Crippen LogP contribution in [0.5, 0.6) is 0 Å². The van der Waals surface area contributed by atoms with Crippen LogP contribution in [0.25, 0.3) is 16.2 Å². The van der Waals surface area contributed by atoms with Crippen LogP contribution in [0.4, 0.5) is 10.1 Å². The average molecular weight is 473 g/mol. The summed E-state index contributed by atoms with van der Waals surface area (Å²) in [6.45, 7) is 0.473. The molecule has 0 unspecified atom stereocenters. The summed E-state index contributed by atoms with van der Waals surface area (Å²) < 4.78 is 15.8. The van der Waals surface area contributed by atoms with Gasteiger partial charge in [0.25, 0.3) is 0 Å². The lowest BCUT2D eigenvalue weighted by molar-refractivity contribution is 0.415. The van der Waals surface area contributed by atoms with Crippen LogP contribution < -0.4 is 5.69 Å². The molecular weight excluding hydrogens is 451 g/mol. The van der Waals surface area contributed by atoms with Crippen LogP contribution in [0, 0.1) is 0 Å². The number of nitrogens with zero attached hydrogens (tertiary/aromatic N) is 6. The van der Waals surface area contributed by atoms with Crippen molar-refractivity contribution in [3.63, 3.8) is 0 Å². The summed E-state index contributed by atoms with van der Waals surface area (Å²) in [6.07, 6.45) is 6.14. The number of benzene rings is 1. The Morgan fingerprint density at radius 1 is 1.25 bits per heavy atom. The average Bonchev–Trinajstić information content (AvgIpc) is 3.40. The number of amidine groups is 1. The third-order valence-electron chi connectivity index (χ3n) is 5.03. The van der Waals surface area contributed by atoms with E-state index in [1.54, 1.807) is 45.9 Å². The van der Waals surface area contributed by atoms with Crippen LogP contribution in [0.1, 0.15) is 12.8 Å². The molecule has 0 radical (unpaired) electrons. The normalized spacial score (nSPS) is 11.9. The molecule has 4 aromatic rings. The van der Waals surface area contributed by atoms with Gasteiger partial charge in [-0.1, -0.05) is 17.7 Å². The zero-order valence-corrected chi connectivity index (χ0v) is 19.1. The molecule has 10 heteroatoms. The van der Waals surface area contributed by atoms with Crippen LogP contribution in [0.3, 0.4) is 0 Å². The van der Waals surface area contributed by atoms with E-state index in [9.17, 15) is 9.18 Å². The predicted molar refractivity (Wildman–Crippen MR) is 127 cm³/mol. The van der Waals surface area contributed by atoms with Crippen molar-refractivity contribution in [1.29, 1.82) is 0 Å². The molecule has 0 bridgehead atoms. The van der Waals surface area contributed by atoms with Gasteiger partial charge in [0.05, 0.1) is 36.1 Å². The van der Waals surface area contributed by atoms with E-state index < -0.39 is 0 Å². The van der Waals surface area contributed by atoms with E-state index in [-0.39, 0.29) is 18.9 Å². The maximum absolute atomic E-state index is 13.4. The predicted octanol–water partition coefficient (Wildman–Crippen LogP) is 4.71. The fourth-order valence-electron chi connectivity index (χ4n) is 3.42. The molecule has 3 aromatic heterocycles. The van der Waals surface area contributed by atoms with Gasteiger partial charge in [-0.2, -0.15) is 0 Å². The van der Waals surface area contributed by atoms with Crippen molar-refractivity contribution in [1.82, 2.24) is 24.0 Å². The molecule has 0 N–H and O–H groups in total. The number of unbranched alkanes of at least 4 members (excludes halogenated alkanes) is 1. The van der Waals surface area contributed by atoms with E-state index in [2.05, 4.69) is 9.97 Å². The van der Waals surface area contributed by atoms with Crippen molar-refractivity contribution < 1.29 is 4.39 Å². The summed E-state index contributed by atoms with van der Waals surface area (Å²) in [7, 11) is 1.89. The lowest BCUT2D eigenvalue weighted by Crippen LogP contribution is -2.35. The van der Waals surface area contributed by atoms with Crippen molar-refractivity contribution in [3.05, 3.63) is 69.8 Å². The molecular formula is C22H22ClFN6OS. The first-order valence-corrected chi connectivity index (χ1v) is 11.4. The summed E-state index contributed by atoms with van der Waals surface area (Å²) in [5.41, 5.74) is 1.87. The molecule has 0 fully saturated rings. The van der Waals surface area contributed by atoms with Gasteiger partial charge in [0.2, 0.25) is 0 Å². The van der Waals surface area contributed by atoms with Crippen LogP contribution in [0.2, 0.25) is 5.02 Å². The number of halogens is 2. The number of rotatable bonds is 8. The van der Waals surface area contributed by atoms with E-state index in [0.29, 0.717) is 46.6 Å². The fourth-order valence-corrected chi connectivity index (χ4v) is 4.25. The Morgan fingerprint density at radius 2 is 2.12 bits per heavy atom. The smallest absolute Gasteiger partial charge is 0.336 e. The fraction of sp³-hybridized carbons (Fsp3) is 0.273. The Hall–Kier alpha value is -3.04. The van der Waals surface area contributed by atoms with E-state index in [1.807, 2.05) is 29.5 Å². The number of alkyl halides is 1. The molecule has 0 aliphatic heterocycles. The monoisotopic (exact) mass is 472 g/mol. The second-order valence-corrected chi connectivity index (χ2v) is 8.52. The minimum absolute atomic E-state index is 0.220. The molecule has 0 atom stereocenters. The van der Waals surface area contributed by atoms with Crippen LogP contribution >= 0.6 is 22.9 Å². The van der Waals surface area contributed by atoms with Crippen LogP contribution in [0.15, 0.2) is 64.1 Å². The summed E-state index contributed by atoms with van der Waals surface area (Å²) >= 11 is 7.53. The number of thiazole rings is 1. The molecule has 0 spiro atoms. The molecule has 1 aromatic carbocycles. The summed E-state index contributed by atoms with van der Waals surface area (Å²) in [6, 6.07) is 9.02. The lowest BCUT2D eigenvalue weighted by atomic mass is 10.3. The number of aromatic nitrogens is 4. The Kier molecular flexibility index (Phi) is 6.96. The van der Waals surface area contributed by atoms with Gasteiger partial charge in [-0.25, -0.2) is 19.3 Å². The number of hydrogen-bond donors (Lipinski definition) is 0. The Morgan fingerprint density at radius 3 is 2.88 bits per heavy atom. The number of fused-ring (bicyclic) bond motifs is 1. The topological polar surface area (TPSA) is 68.3 Å². The van der Waals surface area contributed by atoms with Crippen LogP contribution in [-0.4, -0.2) is 50.1 Å². The summed E-state index contributed by atoms with van der Waals surface area (Å²) in [4.78, 5) is 28.7. The highest BCUT2D eigenvalue weighted by Crippen LogP contribution is 2.21. The maximum Gasteiger partial charge on any atom is 0.336 e. The zero-order chi connectivity index (χ0) is 22.5. The number of hydrogen-bond acceptors (Lipinski definition) is 5. The molecule has 0 aliphatic rings. The molecule has 0 saturated heterocycles. The Balaban J connectivity index is 1.78. The highest BCUT2D eigenvalue weighted by molar-refractivity contribution is 7.12. The van der Waals surface area contributed by atoms with Gasteiger partial charge in [0.1, 0.15) is 5.84 Å². The second-order valence-electron chi connectivity index (χ2n) is 7.21. The van der Waals surface area contributed by atoms with E-state index in [0.717, 1.165) is 5.52 Å². The Bertz CT molecular complexity index is 1280. The van der Waals surface area contributed by atoms with Crippen molar-refractivity contribution in [2.75, 3.05) is 20.3 Å². The number of pyridine rings is 1. The molecule has 32 heavy (non-hydrogen) atoms. The quantitative estimate of drug-likeness (QED) is 0.211. The first-order chi connectivity index (χ1) is 15.6. The van der Waals surface area contributed by atoms with Crippen molar-refractivity contribution in [2.24, 2.45) is 4.99 Å². The highest BCUT2D eigenvalue weighted by atomic mass is 35.5. The minimum Gasteiger partial charge on any atom is -0.362 e. The van der Waals surface area contributed by atoms with E-state index in [1.165, 1.54) is 11.3 Å². The summed E-state index contributed by atoms with van der Waals surface area (Å²) in [5, 5.41) is 3.00.